The predicted molar refractivity (Wildman–Crippen MR) is 79.8 cm³/mol. The lowest BCUT2D eigenvalue weighted by Gasteiger charge is -2.10. The van der Waals surface area contributed by atoms with Crippen LogP contribution in [0.4, 0.5) is 5.69 Å². The fraction of sp³-hybridized carbons (Fsp3) is 0.133. The van der Waals surface area contributed by atoms with Crippen LogP contribution in [0, 0.1) is 6.92 Å². The SMILES string of the molecule is COc1cc(Br)ccc1NC(=O)c1cccc(C)c1. The Morgan fingerprint density at radius 3 is 2.68 bits per heavy atom. The molecule has 2 rings (SSSR count). The van der Waals surface area contributed by atoms with E-state index in [1.165, 1.54) is 0 Å². The lowest BCUT2D eigenvalue weighted by molar-refractivity contribution is 0.102. The van der Waals surface area contributed by atoms with Crippen molar-refractivity contribution in [3.05, 3.63) is 58.1 Å². The molecule has 98 valence electrons. The molecule has 0 bridgehead atoms. The second kappa shape index (κ2) is 5.89. The van der Waals surface area contributed by atoms with Crippen molar-refractivity contribution in [3.8, 4) is 5.75 Å². The number of hydrogen-bond donors (Lipinski definition) is 1. The van der Waals surface area contributed by atoms with Gasteiger partial charge in [-0.2, -0.15) is 0 Å². The van der Waals surface area contributed by atoms with Crippen molar-refractivity contribution in [3.63, 3.8) is 0 Å². The molecule has 0 spiro atoms. The van der Waals surface area contributed by atoms with E-state index in [9.17, 15) is 4.79 Å². The summed E-state index contributed by atoms with van der Waals surface area (Å²) in [5.74, 6) is 0.472. The molecule has 0 heterocycles. The van der Waals surface area contributed by atoms with Gasteiger partial charge in [0.2, 0.25) is 0 Å². The molecule has 0 saturated heterocycles. The smallest absolute Gasteiger partial charge is 0.255 e. The van der Waals surface area contributed by atoms with Crippen LogP contribution in [-0.4, -0.2) is 13.0 Å². The summed E-state index contributed by atoms with van der Waals surface area (Å²) in [6.07, 6.45) is 0. The molecule has 1 N–H and O–H groups in total. The highest BCUT2D eigenvalue weighted by atomic mass is 79.9. The molecule has 0 aliphatic carbocycles. The number of ether oxygens (including phenoxy) is 1. The minimum absolute atomic E-state index is 0.149. The first-order valence-corrected chi connectivity index (χ1v) is 6.61. The maximum absolute atomic E-state index is 12.1. The molecule has 0 atom stereocenters. The van der Waals surface area contributed by atoms with Gasteiger partial charge in [0, 0.05) is 10.0 Å². The highest BCUT2D eigenvalue weighted by Gasteiger charge is 2.10. The summed E-state index contributed by atoms with van der Waals surface area (Å²) in [6, 6.07) is 12.9. The van der Waals surface area contributed by atoms with E-state index in [0.717, 1.165) is 10.0 Å². The van der Waals surface area contributed by atoms with Gasteiger partial charge in [0.15, 0.2) is 0 Å². The molecule has 0 unspecified atom stereocenters. The molecular weight excluding hydrogens is 306 g/mol. The number of hydrogen-bond acceptors (Lipinski definition) is 2. The van der Waals surface area contributed by atoms with Crippen molar-refractivity contribution in [1.82, 2.24) is 0 Å². The minimum Gasteiger partial charge on any atom is -0.495 e. The second-order valence-electron chi connectivity index (χ2n) is 4.17. The van der Waals surface area contributed by atoms with E-state index >= 15 is 0 Å². The molecule has 2 aromatic carbocycles. The van der Waals surface area contributed by atoms with Crippen molar-refractivity contribution in [2.24, 2.45) is 0 Å². The largest absolute Gasteiger partial charge is 0.495 e. The normalized spacial score (nSPS) is 10.1. The predicted octanol–water partition coefficient (Wildman–Crippen LogP) is 4.02. The molecule has 0 fully saturated rings. The third-order valence-corrected chi connectivity index (χ3v) is 3.19. The van der Waals surface area contributed by atoms with Gasteiger partial charge in [-0.3, -0.25) is 4.79 Å². The standard InChI is InChI=1S/C15H14BrNO2/c1-10-4-3-5-11(8-10)15(18)17-13-7-6-12(16)9-14(13)19-2/h3-9H,1-2H3,(H,17,18). The van der Waals surface area contributed by atoms with Crippen LogP contribution in [0.3, 0.4) is 0 Å². The van der Waals surface area contributed by atoms with Gasteiger partial charge in [-0.15, -0.1) is 0 Å². The van der Waals surface area contributed by atoms with Crippen LogP contribution in [0.1, 0.15) is 15.9 Å². The number of rotatable bonds is 3. The molecule has 0 aliphatic heterocycles. The van der Waals surface area contributed by atoms with E-state index in [4.69, 9.17) is 4.74 Å². The molecule has 3 nitrogen and oxygen atoms in total. The van der Waals surface area contributed by atoms with Crippen molar-refractivity contribution < 1.29 is 9.53 Å². The van der Waals surface area contributed by atoms with Gasteiger partial charge < -0.3 is 10.1 Å². The Morgan fingerprint density at radius 2 is 2.00 bits per heavy atom. The van der Waals surface area contributed by atoms with Crippen LogP contribution >= 0.6 is 15.9 Å². The van der Waals surface area contributed by atoms with Gasteiger partial charge in [0.05, 0.1) is 12.8 Å². The topological polar surface area (TPSA) is 38.3 Å². The first kappa shape index (κ1) is 13.6. The van der Waals surface area contributed by atoms with Crippen LogP contribution in [-0.2, 0) is 0 Å². The number of aryl methyl sites for hydroxylation is 1. The average Bonchev–Trinajstić information content (AvgIpc) is 2.40. The number of halogens is 1. The summed E-state index contributed by atoms with van der Waals surface area (Å²) in [4.78, 5) is 12.1. The highest BCUT2D eigenvalue weighted by Crippen LogP contribution is 2.28. The quantitative estimate of drug-likeness (QED) is 0.928. The van der Waals surface area contributed by atoms with Gasteiger partial charge in [-0.05, 0) is 37.3 Å². The first-order valence-electron chi connectivity index (χ1n) is 5.81. The van der Waals surface area contributed by atoms with Crippen LogP contribution in [0.25, 0.3) is 0 Å². The third-order valence-electron chi connectivity index (χ3n) is 2.69. The molecular formula is C15H14BrNO2. The van der Waals surface area contributed by atoms with Gasteiger partial charge in [-0.25, -0.2) is 0 Å². The summed E-state index contributed by atoms with van der Waals surface area (Å²) in [5, 5.41) is 2.85. The molecule has 2 aromatic rings. The van der Waals surface area contributed by atoms with E-state index < -0.39 is 0 Å². The number of amides is 1. The fourth-order valence-electron chi connectivity index (χ4n) is 1.75. The van der Waals surface area contributed by atoms with E-state index in [2.05, 4.69) is 21.2 Å². The van der Waals surface area contributed by atoms with Gasteiger partial charge >= 0.3 is 0 Å². The van der Waals surface area contributed by atoms with Crippen molar-refractivity contribution in [1.29, 1.82) is 0 Å². The average molecular weight is 320 g/mol. The molecule has 0 radical (unpaired) electrons. The number of anilines is 1. The van der Waals surface area contributed by atoms with Crippen molar-refractivity contribution >= 4 is 27.5 Å². The molecule has 4 heteroatoms. The third kappa shape index (κ3) is 3.35. The second-order valence-corrected chi connectivity index (χ2v) is 5.08. The highest BCUT2D eigenvalue weighted by molar-refractivity contribution is 9.10. The van der Waals surface area contributed by atoms with Crippen molar-refractivity contribution in [2.45, 2.75) is 6.92 Å². The Kier molecular flexibility index (Phi) is 4.22. The van der Waals surface area contributed by atoms with E-state index in [1.54, 1.807) is 19.2 Å². The summed E-state index contributed by atoms with van der Waals surface area (Å²) in [6.45, 7) is 1.96. The Labute approximate surface area is 120 Å². The van der Waals surface area contributed by atoms with Crippen LogP contribution < -0.4 is 10.1 Å². The van der Waals surface area contributed by atoms with Gasteiger partial charge in [0.25, 0.3) is 5.91 Å². The lowest BCUT2D eigenvalue weighted by Crippen LogP contribution is -2.12. The first-order chi connectivity index (χ1) is 9.10. The van der Waals surface area contributed by atoms with E-state index in [1.807, 2.05) is 37.3 Å². The zero-order valence-corrected chi connectivity index (χ0v) is 12.3. The number of carbonyl (C=O) groups excluding carboxylic acids is 1. The molecule has 0 aliphatic rings. The fourth-order valence-corrected chi connectivity index (χ4v) is 2.09. The van der Waals surface area contributed by atoms with Gasteiger partial charge in [0.1, 0.15) is 5.75 Å². The van der Waals surface area contributed by atoms with Crippen LogP contribution in [0.2, 0.25) is 0 Å². The zero-order valence-electron chi connectivity index (χ0n) is 10.7. The number of benzene rings is 2. The van der Waals surface area contributed by atoms with Gasteiger partial charge in [-0.1, -0.05) is 33.6 Å². The molecule has 19 heavy (non-hydrogen) atoms. The Bertz CT molecular complexity index is 611. The summed E-state index contributed by atoms with van der Waals surface area (Å²) >= 11 is 3.37. The molecule has 0 saturated carbocycles. The Hall–Kier alpha value is -1.81. The monoisotopic (exact) mass is 319 g/mol. The minimum atomic E-state index is -0.149. The number of methoxy groups -OCH3 is 1. The van der Waals surface area contributed by atoms with Crippen molar-refractivity contribution in [2.75, 3.05) is 12.4 Å². The number of nitrogens with one attached hydrogen (secondary N) is 1. The Morgan fingerprint density at radius 1 is 1.21 bits per heavy atom. The summed E-state index contributed by atoms with van der Waals surface area (Å²) in [7, 11) is 1.57. The maximum Gasteiger partial charge on any atom is 0.255 e. The maximum atomic E-state index is 12.1. The van der Waals surface area contributed by atoms with E-state index in [-0.39, 0.29) is 5.91 Å². The van der Waals surface area contributed by atoms with Crippen LogP contribution in [0.5, 0.6) is 5.75 Å². The molecule has 1 amide bonds. The number of carbonyl (C=O) groups is 1. The van der Waals surface area contributed by atoms with E-state index in [0.29, 0.717) is 17.0 Å². The molecule has 0 aromatic heterocycles. The Balaban J connectivity index is 2.24. The summed E-state index contributed by atoms with van der Waals surface area (Å²) < 4.78 is 6.14. The lowest BCUT2D eigenvalue weighted by atomic mass is 10.1. The van der Waals surface area contributed by atoms with Crippen LogP contribution in [0.15, 0.2) is 46.9 Å². The zero-order chi connectivity index (χ0) is 13.8. The summed E-state index contributed by atoms with van der Waals surface area (Å²) in [5.41, 5.74) is 2.33.